The Morgan fingerprint density at radius 1 is 1.14 bits per heavy atom. The van der Waals surface area contributed by atoms with Crippen molar-refractivity contribution in [3.05, 3.63) is 23.9 Å². The number of hydrogen-bond acceptors (Lipinski definition) is 5. The third-order valence-electron chi connectivity index (χ3n) is 5.68. The van der Waals surface area contributed by atoms with Crippen LogP contribution >= 0.6 is 37.2 Å². The minimum Gasteiger partial charge on any atom is -0.354 e. The van der Waals surface area contributed by atoms with Crippen LogP contribution in [0, 0.1) is 5.92 Å². The maximum absolute atomic E-state index is 12.1. The second-order valence-electron chi connectivity index (χ2n) is 7.45. The van der Waals surface area contributed by atoms with Crippen molar-refractivity contribution in [2.24, 2.45) is 5.92 Å². The van der Waals surface area contributed by atoms with E-state index in [1.807, 2.05) is 6.20 Å². The highest BCUT2D eigenvalue weighted by molar-refractivity contribution is 5.86. The fraction of sp³-hybridized carbons (Fsp3) is 0.700. The first-order chi connectivity index (χ1) is 12.7. The molecule has 0 aliphatic carbocycles. The van der Waals surface area contributed by atoms with E-state index in [-0.39, 0.29) is 43.1 Å². The highest BCUT2D eigenvalue weighted by atomic mass is 35.5. The molecule has 3 heterocycles. The van der Waals surface area contributed by atoms with Crippen LogP contribution in [0.4, 0.5) is 5.82 Å². The molecule has 2 N–H and O–H groups in total. The summed E-state index contributed by atoms with van der Waals surface area (Å²) in [6.45, 7) is 10.4. The summed E-state index contributed by atoms with van der Waals surface area (Å²) in [5.41, 5.74) is 1.07. The second kappa shape index (κ2) is 15.1. The summed E-state index contributed by atoms with van der Waals surface area (Å²) >= 11 is 0. The molecule has 0 spiro atoms. The van der Waals surface area contributed by atoms with Crippen LogP contribution in [0.2, 0.25) is 0 Å². The Morgan fingerprint density at radius 3 is 2.41 bits per heavy atom. The van der Waals surface area contributed by atoms with Crippen LogP contribution in [0.25, 0.3) is 0 Å². The first kappa shape index (κ1) is 28.2. The molecule has 1 aromatic rings. The molecular formula is C20H36Cl3N5O. The van der Waals surface area contributed by atoms with Crippen molar-refractivity contribution in [1.29, 1.82) is 0 Å². The molecule has 2 saturated heterocycles. The number of carbonyl (C=O) groups is 1. The molecule has 0 bridgehead atoms. The lowest BCUT2D eigenvalue weighted by atomic mass is 9.93. The second-order valence-corrected chi connectivity index (χ2v) is 7.45. The number of rotatable bonds is 7. The first-order valence-corrected chi connectivity index (χ1v) is 10.1. The van der Waals surface area contributed by atoms with E-state index >= 15 is 0 Å². The third kappa shape index (κ3) is 9.26. The molecule has 2 fully saturated rings. The van der Waals surface area contributed by atoms with Crippen molar-refractivity contribution in [2.75, 3.05) is 50.7 Å². The maximum Gasteiger partial charge on any atom is 0.220 e. The summed E-state index contributed by atoms with van der Waals surface area (Å²) in [5, 5.41) is 6.41. The molecule has 0 atom stereocenters. The predicted molar refractivity (Wildman–Crippen MR) is 127 cm³/mol. The zero-order valence-corrected chi connectivity index (χ0v) is 19.7. The number of nitrogens with zero attached hydrogens (tertiary/aromatic N) is 3. The van der Waals surface area contributed by atoms with E-state index in [9.17, 15) is 4.79 Å². The van der Waals surface area contributed by atoms with Gasteiger partial charge in [-0.15, -0.1) is 37.2 Å². The first-order valence-electron chi connectivity index (χ1n) is 10.1. The number of carbonyl (C=O) groups excluding carboxylic acids is 1. The SMILES string of the molecule is CCN1CCN(c2ccc(CNC(=O)CCC3CCNCC3)cn2)CC1.Cl.Cl.Cl. The Balaban J connectivity index is 0.00000261. The van der Waals surface area contributed by atoms with Crippen LogP contribution in [-0.2, 0) is 11.3 Å². The lowest BCUT2D eigenvalue weighted by Gasteiger charge is -2.34. The zero-order chi connectivity index (χ0) is 18.2. The van der Waals surface area contributed by atoms with Gasteiger partial charge in [0.1, 0.15) is 5.82 Å². The van der Waals surface area contributed by atoms with Crippen LogP contribution < -0.4 is 15.5 Å². The number of piperidine rings is 1. The minimum absolute atomic E-state index is 0. The van der Waals surface area contributed by atoms with Crippen molar-refractivity contribution in [1.82, 2.24) is 20.5 Å². The number of nitrogens with one attached hydrogen (secondary N) is 2. The summed E-state index contributed by atoms with van der Waals surface area (Å²) < 4.78 is 0. The van der Waals surface area contributed by atoms with E-state index in [0.29, 0.717) is 18.9 Å². The van der Waals surface area contributed by atoms with Gasteiger partial charge in [0.2, 0.25) is 5.91 Å². The topological polar surface area (TPSA) is 60.5 Å². The lowest BCUT2D eigenvalue weighted by Crippen LogP contribution is -2.46. The number of piperazine rings is 1. The monoisotopic (exact) mass is 467 g/mol. The van der Waals surface area contributed by atoms with Gasteiger partial charge >= 0.3 is 0 Å². The van der Waals surface area contributed by atoms with Gasteiger partial charge in [-0.3, -0.25) is 4.79 Å². The van der Waals surface area contributed by atoms with Gasteiger partial charge in [0.25, 0.3) is 0 Å². The molecule has 1 amide bonds. The highest BCUT2D eigenvalue weighted by Crippen LogP contribution is 2.18. The van der Waals surface area contributed by atoms with Gasteiger partial charge in [-0.05, 0) is 56.4 Å². The molecule has 168 valence electrons. The van der Waals surface area contributed by atoms with Crippen LogP contribution in [0.5, 0.6) is 0 Å². The van der Waals surface area contributed by atoms with Gasteiger partial charge in [0.05, 0.1) is 0 Å². The number of likely N-dealkylation sites (N-methyl/N-ethyl adjacent to an activating group) is 1. The van der Waals surface area contributed by atoms with Gasteiger partial charge in [0.15, 0.2) is 0 Å². The molecule has 0 saturated carbocycles. The molecule has 3 rings (SSSR count). The Morgan fingerprint density at radius 2 is 1.83 bits per heavy atom. The van der Waals surface area contributed by atoms with Crippen LogP contribution in [0.3, 0.4) is 0 Å². The van der Waals surface area contributed by atoms with Crippen LogP contribution in [-0.4, -0.2) is 61.6 Å². The Hall–Kier alpha value is -0.790. The zero-order valence-electron chi connectivity index (χ0n) is 17.3. The number of amides is 1. The lowest BCUT2D eigenvalue weighted by molar-refractivity contribution is -0.121. The van der Waals surface area contributed by atoms with Crippen LogP contribution in [0.1, 0.15) is 38.2 Å². The molecule has 9 heteroatoms. The Labute approximate surface area is 193 Å². The van der Waals surface area contributed by atoms with E-state index < -0.39 is 0 Å². The maximum atomic E-state index is 12.1. The smallest absolute Gasteiger partial charge is 0.220 e. The quantitative estimate of drug-likeness (QED) is 0.644. The molecule has 0 radical (unpaired) electrons. The standard InChI is InChI=1S/C20H33N5O.3ClH/c1-2-24-11-13-25(14-12-24)19-5-3-18(15-22-19)16-23-20(26)6-4-17-7-9-21-10-8-17;;;/h3,5,15,17,21H,2,4,6-14,16H2,1H3,(H,23,26);3*1H. The molecule has 0 unspecified atom stereocenters. The number of anilines is 1. The highest BCUT2D eigenvalue weighted by Gasteiger charge is 2.17. The van der Waals surface area contributed by atoms with E-state index in [4.69, 9.17) is 0 Å². The van der Waals surface area contributed by atoms with Crippen molar-refractivity contribution in [2.45, 2.75) is 39.2 Å². The van der Waals surface area contributed by atoms with Crippen molar-refractivity contribution >= 4 is 48.9 Å². The van der Waals surface area contributed by atoms with E-state index in [0.717, 1.165) is 63.6 Å². The predicted octanol–water partition coefficient (Wildman–Crippen LogP) is 2.88. The Bertz CT molecular complexity index is 562. The fourth-order valence-corrected chi connectivity index (χ4v) is 3.80. The summed E-state index contributed by atoms with van der Waals surface area (Å²) in [7, 11) is 0. The largest absolute Gasteiger partial charge is 0.354 e. The van der Waals surface area contributed by atoms with Gasteiger partial charge in [0, 0.05) is 45.3 Å². The molecule has 1 aromatic heterocycles. The molecule has 29 heavy (non-hydrogen) atoms. The number of halogens is 3. The number of pyridine rings is 1. The molecule has 6 nitrogen and oxygen atoms in total. The normalized spacial score (nSPS) is 17.5. The Kier molecular flexibility index (Phi) is 14.7. The fourth-order valence-electron chi connectivity index (χ4n) is 3.80. The number of aromatic nitrogens is 1. The van der Waals surface area contributed by atoms with Crippen LogP contribution in [0.15, 0.2) is 18.3 Å². The number of hydrogen-bond donors (Lipinski definition) is 2. The van der Waals surface area contributed by atoms with Crippen molar-refractivity contribution in [3.63, 3.8) is 0 Å². The molecule has 2 aliphatic rings. The van der Waals surface area contributed by atoms with Gasteiger partial charge in [-0.25, -0.2) is 4.98 Å². The van der Waals surface area contributed by atoms with Crippen molar-refractivity contribution < 1.29 is 4.79 Å². The van der Waals surface area contributed by atoms with Gasteiger partial charge in [-0.2, -0.15) is 0 Å². The average Bonchev–Trinajstić information content (AvgIpc) is 2.72. The summed E-state index contributed by atoms with van der Waals surface area (Å²) in [6.07, 6.45) is 5.94. The summed E-state index contributed by atoms with van der Waals surface area (Å²) in [6, 6.07) is 4.17. The molecule has 2 aliphatic heterocycles. The third-order valence-corrected chi connectivity index (χ3v) is 5.68. The summed E-state index contributed by atoms with van der Waals surface area (Å²) in [4.78, 5) is 21.5. The average molecular weight is 469 g/mol. The van der Waals surface area contributed by atoms with Gasteiger partial charge in [-0.1, -0.05) is 13.0 Å². The van der Waals surface area contributed by atoms with E-state index in [2.05, 4.69) is 44.5 Å². The van der Waals surface area contributed by atoms with Crippen molar-refractivity contribution in [3.8, 4) is 0 Å². The summed E-state index contributed by atoms with van der Waals surface area (Å²) in [5.74, 6) is 1.90. The van der Waals surface area contributed by atoms with E-state index in [1.165, 1.54) is 12.8 Å². The van der Waals surface area contributed by atoms with E-state index in [1.54, 1.807) is 0 Å². The molecule has 0 aromatic carbocycles. The molecular weight excluding hydrogens is 433 g/mol. The minimum atomic E-state index is 0. The van der Waals surface area contributed by atoms with Gasteiger partial charge < -0.3 is 20.4 Å².